The molecule has 3 aromatic carbocycles. The summed E-state index contributed by atoms with van der Waals surface area (Å²) in [5.41, 5.74) is 4.89. The Morgan fingerprint density at radius 1 is 0.852 bits per heavy atom. The summed E-state index contributed by atoms with van der Waals surface area (Å²) >= 11 is 0. The van der Waals surface area contributed by atoms with E-state index >= 15 is 0 Å². The van der Waals surface area contributed by atoms with E-state index in [4.69, 9.17) is 4.74 Å². The van der Waals surface area contributed by atoms with Gasteiger partial charge < -0.3 is 9.84 Å². The first-order valence-electron chi connectivity index (χ1n) is 9.31. The van der Waals surface area contributed by atoms with Gasteiger partial charge in [0.2, 0.25) is 0 Å². The lowest BCUT2D eigenvalue weighted by molar-refractivity contribution is 0.0743. The third-order valence-electron chi connectivity index (χ3n) is 4.63. The van der Waals surface area contributed by atoms with Crippen LogP contribution in [0, 0.1) is 6.92 Å². The Hall–Kier alpha value is -2.62. The average molecular weight is 361 g/mol. The van der Waals surface area contributed by atoms with E-state index < -0.39 is 6.10 Å². The first-order valence-corrected chi connectivity index (χ1v) is 9.31. The Bertz CT molecular complexity index is 831. The zero-order chi connectivity index (χ0) is 19.1. The zero-order valence-electron chi connectivity index (χ0n) is 16.0. The average Bonchev–Trinajstić information content (AvgIpc) is 2.69. The Kier molecular flexibility index (Phi) is 6.64. The zero-order valence-corrected chi connectivity index (χ0v) is 16.0. The van der Waals surface area contributed by atoms with Crippen molar-refractivity contribution in [3.63, 3.8) is 0 Å². The van der Waals surface area contributed by atoms with Gasteiger partial charge in [0, 0.05) is 13.1 Å². The van der Waals surface area contributed by atoms with Crippen LogP contribution in [0.4, 0.5) is 0 Å². The number of aryl methyl sites for hydroxylation is 1. The molecule has 1 atom stereocenters. The molecule has 0 unspecified atom stereocenters. The van der Waals surface area contributed by atoms with Crippen LogP contribution in [0.3, 0.4) is 0 Å². The van der Waals surface area contributed by atoms with Crippen molar-refractivity contribution in [2.75, 3.05) is 20.2 Å². The Labute approximate surface area is 161 Å². The maximum absolute atomic E-state index is 10.3. The largest absolute Gasteiger partial charge is 0.491 e. The summed E-state index contributed by atoms with van der Waals surface area (Å²) in [6.45, 7) is 3.77. The van der Waals surface area contributed by atoms with Gasteiger partial charge in [0.05, 0.1) is 0 Å². The van der Waals surface area contributed by atoms with E-state index in [1.165, 1.54) is 16.7 Å². The van der Waals surface area contributed by atoms with Crippen LogP contribution in [-0.4, -0.2) is 36.3 Å². The molecule has 0 radical (unpaired) electrons. The maximum Gasteiger partial charge on any atom is 0.119 e. The summed E-state index contributed by atoms with van der Waals surface area (Å²) in [5, 5.41) is 10.3. The van der Waals surface area contributed by atoms with Crippen molar-refractivity contribution in [1.29, 1.82) is 0 Å². The molecule has 0 saturated carbocycles. The van der Waals surface area contributed by atoms with Gasteiger partial charge >= 0.3 is 0 Å². The highest BCUT2D eigenvalue weighted by Crippen LogP contribution is 2.22. The summed E-state index contributed by atoms with van der Waals surface area (Å²) in [5.74, 6) is 0.773. The molecular weight excluding hydrogens is 334 g/mol. The maximum atomic E-state index is 10.3. The molecule has 1 N–H and O–H groups in total. The molecule has 0 aliphatic rings. The Balaban J connectivity index is 1.47. The molecule has 140 valence electrons. The highest BCUT2D eigenvalue weighted by Gasteiger charge is 2.10. The van der Waals surface area contributed by atoms with E-state index in [2.05, 4.69) is 42.2 Å². The van der Waals surface area contributed by atoms with E-state index in [-0.39, 0.29) is 6.61 Å². The fraction of sp³-hybridized carbons (Fsp3) is 0.250. The van der Waals surface area contributed by atoms with Crippen LogP contribution in [0.1, 0.15) is 11.1 Å². The minimum Gasteiger partial charge on any atom is -0.491 e. The van der Waals surface area contributed by atoms with Crippen molar-refractivity contribution < 1.29 is 9.84 Å². The summed E-state index contributed by atoms with van der Waals surface area (Å²) in [4.78, 5) is 2.12. The number of likely N-dealkylation sites (N-methyl/N-ethyl adjacent to an activating group) is 1. The summed E-state index contributed by atoms with van der Waals surface area (Å²) < 4.78 is 5.76. The van der Waals surface area contributed by atoms with Crippen LogP contribution in [0.5, 0.6) is 5.75 Å². The minimum absolute atomic E-state index is 0.281. The molecule has 0 fully saturated rings. The van der Waals surface area contributed by atoms with Crippen LogP contribution in [-0.2, 0) is 6.54 Å². The van der Waals surface area contributed by atoms with Gasteiger partial charge in [-0.15, -0.1) is 0 Å². The predicted octanol–water partition coefficient (Wildman–Crippen LogP) is 4.53. The number of aliphatic hydroxyl groups excluding tert-OH is 1. The highest BCUT2D eigenvalue weighted by molar-refractivity contribution is 5.63. The Morgan fingerprint density at radius 3 is 2.19 bits per heavy atom. The van der Waals surface area contributed by atoms with Crippen molar-refractivity contribution in [2.45, 2.75) is 19.6 Å². The van der Waals surface area contributed by atoms with Crippen LogP contribution < -0.4 is 4.74 Å². The molecule has 3 aromatic rings. The molecule has 0 saturated heterocycles. The molecule has 0 aromatic heterocycles. The lowest BCUT2D eigenvalue weighted by Crippen LogP contribution is -2.32. The van der Waals surface area contributed by atoms with E-state index in [0.29, 0.717) is 6.54 Å². The lowest BCUT2D eigenvalue weighted by atomic mass is 10.1. The minimum atomic E-state index is -0.534. The van der Waals surface area contributed by atoms with Crippen molar-refractivity contribution in [2.24, 2.45) is 0 Å². The first-order chi connectivity index (χ1) is 13.1. The second kappa shape index (κ2) is 9.36. The summed E-state index contributed by atoms with van der Waals surface area (Å²) in [7, 11) is 2.02. The van der Waals surface area contributed by atoms with Gasteiger partial charge in [-0.25, -0.2) is 0 Å². The monoisotopic (exact) mass is 361 g/mol. The number of nitrogens with zero attached hydrogens (tertiary/aromatic N) is 1. The SMILES string of the molecule is Cc1ccccc1CN(C)C[C@H](O)COc1ccc(-c2ccccc2)cc1. The number of hydrogen-bond donors (Lipinski definition) is 1. The van der Waals surface area contributed by atoms with Gasteiger partial charge in [0.25, 0.3) is 0 Å². The van der Waals surface area contributed by atoms with Gasteiger partial charge in [0.15, 0.2) is 0 Å². The number of benzene rings is 3. The molecule has 27 heavy (non-hydrogen) atoms. The topological polar surface area (TPSA) is 32.7 Å². The van der Waals surface area contributed by atoms with Gasteiger partial charge in [-0.1, -0.05) is 66.7 Å². The number of ether oxygens (including phenoxy) is 1. The number of hydrogen-bond acceptors (Lipinski definition) is 3. The summed E-state index contributed by atoms with van der Waals surface area (Å²) in [6.07, 6.45) is -0.534. The van der Waals surface area contributed by atoms with Crippen LogP contribution in [0.25, 0.3) is 11.1 Å². The Morgan fingerprint density at radius 2 is 1.48 bits per heavy atom. The van der Waals surface area contributed by atoms with Crippen LogP contribution in [0.2, 0.25) is 0 Å². The van der Waals surface area contributed by atoms with E-state index in [1.54, 1.807) is 0 Å². The smallest absolute Gasteiger partial charge is 0.119 e. The molecule has 0 aliphatic carbocycles. The van der Waals surface area contributed by atoms with Crippen LogP contribution >= 0.6 is 0 Å². The molecule has 0 amide bonds. The van der Waals surface area contributed by atoms with Gasteiger partial charge in [-0.3, -0.25) is 4.90 Å². The standard InChI is InChI=1S/C24H27NO2/c1-19-8-6-7-11-22(19)16-25(2)17-23(26)18-27-24-14-12-21(13-15-24)20-9-4-3-5-10-20/h3-15,23,26H,16-18H2,1-2H3/t23-/m0/s1. The van der Waals surface area contributed by atoms with E-state index in [0.717, 1.165) is 17.9 Å². The van der Waals surface area contributed by atoms with Gasteiger partial charge in [0.1, 0.15) is 18.5 Å². The van der Waals surface area contributed by atoms with Gasteiger partial charge in [-0.05, 0) is 48.4 Å². The molecule has 0 bridgehead atoms. The van der Waals surface area contributed by atoms with Crippen molar-refractivity contribution in [3.05, 3.63) is 90.0 Å². The molecular formula is C24H27NO2. The molecule has 3 heteroatoms. The normalized spacial score (nSPS) is 12.1. The lowest BCUT2D eigenvalue weighted by Gasteiger charge is -2.21. The third-order valence-corrected chi connectivity index (χ3v) is 4.63. The second-order valence-corrected chi connectivity index (χ2v) is 6.98. The first kappa shape index (κ1) is 19.2. The fourth-order valence-electron chi connectivity index (χ4n) is 3.12. The van der Waals surface area contributed by atoms with Crippen molar-refractivity contribution >= 4 is 0 Å². The molecule has 0 aliphatic heterocycles. The molecule has 0 heterocycles. The van der Waals surface area contributed by atoms with Crippen molar-refractivity contribution in [1.82, 2.24) is 4.90 Å². The third kappa shape index (κ3) is 5.68. The van der Waals surface area contributed by atoms with E-state index in [9.17, 15) is 5.11 Å². The summed E-state index contributed by atoms with van der Waals surface area (Å²) in [6, 6.07) is 26.6. The highest BCUT2D eigenvalue weighted by atomic mass is 16.5. The van der Waals surface area contributed by atoms with Crippen molar-refractivity contribution in [3.8, 4) is 16.9 Å². The molecule has 0 spiro atoms. The number of rotatable bonds is 8. The van der Waals surface area contributed by atoms with E-state index in [1.807, 2.05) is 55.6 Å². The van der Waals surface area contributed by atoms with Gasteiger partial charge in [-0.2, -0.15) is 0 Å². The molecule has 3 nitrogen and oxygen atoms in total. The predicted molar refractivity (Wildman–Crippen MR) is 111 cm³/mol. The number of aliphatic hydroxyl groups is 1. The second-order valence-electron chi connectivity index (χ2n) is 6.98. The molecule has 3 rings (SSSR count). The quantitative estimate of drug-likeness (QED) is 0.640. The fourth-order valence-corrected chi connectivity index (χ4v) is 3.12. The van der Waals surface area contributed by atoms with Crippen LogP contribution in [0.15, 0.2) is 78.9 Å².